The Morgan fingerprint density at radius 2 is 1.85 bits per heavy atom. The fraction of sp³-hybridized carbons (Fsp3) is 0.333. The molecule has 20 heavy (non-hydrogen) atoms. The van der Waals surface area contributed by atoms with Crippen molar-refractivity contribution in [3.05, 3.63) is 28.2 Å². The van der Waals surface area contributed by atoms with Crippen LogP contribution in [0, 0.1) is 0 Å². The minimum atomic E-state index is -0.376. The van der Waals surface area contributed by atoms with Crippen LogP contribution in [0.2, 0.25) is 10.0 Å². The number of nitrogens with zero attached hydrogens (tertiary/aromatic N) is 1. The summed E-state index contributed by atoms with van der Waals surface area (Å²) in [6.07, 6.45) is 0. The number of nitrogens with two attached hydrogens (primary N) is 1. The van der Waals surface area contributed by atoms with Crippen LogP contribution >= 0.6 is 35.6 Å². The normalized spacial score (nSPS) is 9.60. The van der Waals surface area contributed by atoms with Gasteiger partial charge >= 0.3 is 0 Å². The fourth-order valence-corrected chi connectivity index (χ4v) is 1.97. The monoisotopic (exact) mass is 339 g/mol. The van der Waals surface area contributed by atoms with Gasteiger partial charge in [0, 0.05) is 6.54 Å². The standard InChI is InChI=1S/C12H15Cl2N3O2.ClH/c1-2-17(11(19)6-15)7-10(18)16-12-8(13)4-3-5-9(12)14;/h3-5H,2,6-7,15H2,1H3,(H,16,18);1H. The van der Waals surface area contributed by atoms with Crippen LogP contribution in [-0.2, 0) is 9.59 Å². The average Bonchev–Trinajstić information content (AvgIpc) is 2.39. The molecule has 0 spiro atoms. The predicted molar refractivity (Wildman–Crippen MR) is 83.6 cm³/mol. The Hall–Kier alpha value is -1.01. The van der Waals surface area contributed by atoms with Crippen molar-refractivity contribution in [3.63, 3.8) is 0 Å². The van der Waals surface area contributed by atoms with E-state index >= 15 is 0 Å². The third-order valence-electron chi connectivity index (χ3n) is 2.47. The zero-order valence-corrected chi connectivity index (χ0v) is 13.2. The molecular formula is C12H16Cl3N3O2. The van der Waals surface area contributed by atoms with Gasteiger partial charge in [0.25, 0.3) is 0 Å². The molecular weight excluding hydrogens is 325 g/mol. The Kier molecular flexibility index (Phi) is 8.57. The molecule has 0 atom stereocenters. The highest BCUT2D eigenvalue weighted by Crippen LogP contribution is 2.29. The Morgan fingerprint density at radius 1 is 1.30 bits per heavy atom. The maximum atomic E-state index is 11.8. The van der Waals surface area contributed by atoms with Gasteiger partial charge in [-0.05, 0) is 19.1 Å². The van der Waals surface area contributed by atoms with Crippen LogP contribution in [0.3, 0.4) is 0 Å². The summed E-state index contributed by atoms with van der Waals surface area (Å²) in [5.41, 5.74) is 5.60. The van der Waals surface area contributed by atoms with Crippen molar-refractivity contribution in [1.29, 1.82) is 0 Å². The number of anilines is 1. The molecule has 1 rings (SSSR count). The zero-order valence-electron chi connectivity index (χ0n) is 10.9. The van der Waals surface area contributed by atoms with Crippen LogP contribution in [0.1, 0.15) is 6.92 Å². The van der Waals surface area contributed by atoms with Crippen molar-refractivity contribution in [2.45, 2.75) is 6.92 Å². The van der Waals surface area contributed by atoms with Crippen LogP contribution in [0.15, 0.2) is 18.2 Å². The van der Waals surface area contributed by atoms with E-state index in [-0.39, 0.29) is 37.3 Å². The SMILES string of the molecule is CCN(CC(=O)Nc1c(Cl)cccc1Cl)C(=O)CN.Cl. The predicted octanol–water partition coefficient (Wildman–Crippen LogP) is 2.16. The summed E-state index contributed by atoms with van der Waals surface area (Å²) in [6, 6.07) is 4.91. The molecule has 112 valence electrons. The Morgan fingerprint density at radius 3 is 2.30 bits per heavy atom. The molecule has 1 aromatic rings. The molecule has 3 N–H and O–H groups in total. The minimum absolute atomic E-state index is 0. The van der Waals surface area contributed by atoms with Crippen LogP contribution in [-0.4, -0.2) is 36.3 Å². The molecule has 5 nitrogen and oxygen atoms in total. The lowest BCUT2D eigenvalue weighted by molar-refractivity contribution is -0.133. The second-order valence-electron chi connectivity index (χ2n) is 3.76. The number of hydrogen-bond acceptors (Lipinski definition) is 3. The van der Waals surface area contributed by atoms with Gasteiger partial charge in [-0.1, -0.05) is 29.3 Å². The number of hydrogen-bond donors (Lipinski definition) is 2. The van der Waals surface area contributed by atoms with E-state index < -0.39 is 0 Å². The quantitative estimate of drug-likeness (QED) is 0.862. The first-order valence-corrected chi connectivity index (χ1v) is 6.46. The first-order valence-electron chi connectivity index (χ1n) is 5.71. The van der Waals surface area contributed by atoms with Crippen molar-refractivity contribution in [2.24, 2.45) is 5.73 Å². The number of likely N-dealkylation sites (N-methyl/N-ethyl adjacent to an activating group) is 1. The van der Waals surface area contributed by atoms with Gasteiger partial charge in [0.05, 0.1) is 28.8 Å². The number of benzene rings is 1. The number of carbonyl (C=O) groups is 2. The van der Waals surface area contributed by atoms with Gasteiger partial charge in [0.15, 0.2) is 0 Å². The van der Waals surface area contributed by atoms with Crippen molar-refractivity contribution in [2.75, 3.05) is 25.0 Å². The first-order chi connectivity index (χ1) is 8.99. The largest absolute Gasteiger partial charge is 0.333 e. The van der Waals surface area contributed by atoms with Gasteiger partial charge < -0.3 is 16.0 Å². The molecule has 2 amide bonds. The summed E-state index contributed by atoms with van der Waals surface area (Å²) in [7, 11) is 0. The Balaban J connectivity index is 0.00000361. The number of amides is 2. The molecule has 0 bridgehead atoms. The number of halogens is 3. The van der Waals surface area contributed by atoms with Crippen LogP contribution in [0.4, 0.5) is 5.69 Å². The third kappa shape index (κ3) is 5.17. The summed E-state index contributed by atoms with van der Waals surface area (Å²) >= 11 is 11.9. The molecule has 0 radical (unpaired) electrons. The lowest BCUT2D eigenvalue weighted by atomic mass is 10.3. The number of carbonyl (C=O) groups excluding carboxylic acids is 2. The summed E-state index contributed by atoms with van der Waals surface area (Å²) < 4.78 is 0. The molecule has 1 aromatic carbocycles. The van der Waals surface area contributed by atoms with Crippen LogP contribution < -0.4 is 11.1 Å². The van der Waals surface area contributed by atoms with E-state index in [4.69, 9.17) is 28.9 Å². The molecule has 0 saturated heterocycles. The zero-order chi connectivity index (χ0) is 14.4. The highest BCUT2D eigenvalue weighted by atomic mass is 35.5. The molecule has 0 aromatic heterocycles. The number of para-hydroxylation sites is 1. The van der Waals surface area contributed by atoms with Gasteiger partial charge in [-0.2, -0.15) is 0 Å². The fourth-order valence-electron chi connectivity index (χ4n) is 1.47. The molecule has 0 aliphatic carbocycles. The third-order valence-corrected chi connectivity index (χ3v) is 3.10. The van der Waals surface area contributed by atoms with Crippen molar-refractivity contribution in [1.82, 2.24) is 4.90 Å². The van der Waals surface area contributed by atoms with E-state index in [9.17, 15) is 9.59 Å². The van der Waals surface area contributed by atoms with Crippen LogP contribution in [0.5, 0.6) is 0 Å². The lowest BCUT2D eigenvalue weighted by Gasteiger charge is -2.19. The van der Waals surface area contributed by atoms with E-state index in [0.29, 0.717) is 22.3 Å². The summed E-state index contributed by atoms with van der Waals surface area (Å²) in [4.78, 5) is 24.6. The number of nitrogens with one attached hydrogen (secondary N) is 1. The van der Waals surface area contributed by atoms with E-state index in [0.717, 1.165) is 0 Å². The molecule has 0 unspecified atom stereocenters. The van der Waals surface area contributed by atoms with Gasteiger partial charge in [-0.3, -0.25) is 9.59 Å². The van der Waals surface area contributed by atoms with E-state index in [1.165, 1.54) is 4.90 Å². The molecule has 0 saturated carbocycles. The first kappa shape index (κ1) is 19.0. The Labute approximate surface area is 133 Å². The van der Waals surface area contributed by atoms with E-state index in [1.807, 2.05) is 0 Å². The van der Waals surface area contributed by atoms with Gasteiger partial charge in [0.2, 0.25) is 11.8 Å². The van der Waals surface area contributed by atoms with Gasteiger partial charge in [0.1, 0.15) is 0 Å². The molecule has 0 aliphatic heterocycles. The summed E-state index contributed by atoms with van der Waals surface area (Å²) in [5.74, 6) is -0.665. The van der Waals surface area contributed by atoms with Crippen LogP contribution in [0.25, 0.3) is 0 Å². The van der Waals surface area contributed by atoms with Gasteiger partial charge in [-0.25, -0.2) is 0 Å². The maximum Gasteiger partial charge on any atom is 0.244 e. The molecule has 0 fully saturated rings. The van der Waals surface area contributed by atoms with Crippen molar-refractivity contribution in [3.8, 4) is 0 Å². The highest BCUT2D eigenvalue weighted by molar-refractivity contribution is 6.39. The second kappa shape index (κ2) is 9.02. The average molecular weight is 341 g/mol. The molecule has 0 aliphatic rings. The van der Waals surface area contributed by atoms with E-state index in [1.54, 1.807) is 25.1 Å². The smallest absolute Gasteiger partial charge is 0.244 e. The topological polar surface area (TPSA) is 75.4 Å². The highest BCUT2D eigenvalue weighted by Gasteiger charge is 2.15. The van der Waals surface area contributed by atoms with Gasteiger partial charge in [-0.15, -0.1) is 12.4 Å². The minimum Gasteiger partial charge on any atom is -0.333 e. The molecule has 8 heteroatoms. The van der Waals surface area contributed by atoms with E-state index in [2.05, 4.69) is 5.32 Å². The maximum absolute atomic E-state index is 11.8. The van der Waals surface area contributed by atoms with Crippen molar-refractivity contribution >= 4 is 53.1 Å². The Bertz CT molecular complexity index is 463. The van der Waals surface area contributed by atoms with Crippen molar-refractivity contribution < 1.29 is 9.59 Å². The summed E-state index contributed by atoms with van der Waals surface area (Å²) in [5, 5.41) is 3.27. The number of rotatable bonds is 5. The molecule has 0 heterocycles. The summed E-state index contributed by atoms with van der Waals surface area (Å²) in [6.45, 7) is 1.95. The lowest BCUT2D eigenvalue weighted by Crippen LogP contribution is -2.41. The second-order valence-corrected chi connectivity index (χ2v) is 4.57.